The van der Waals surface area contributed by atoms with Crippen molar-refractivity contribution in [2.45, 2.75) is 23.0 Å². The van der Waals surface area contributed by atoms with Crippen LogP contribution >= 0.6 is 11.8 Å². The fourth-order valence-corrected chi connectivity index (χ4v) is 3.91. The average Bonchev–Trinajstić information content (AvgIpc) is 2.63. The Morgan fingerprint density at radius 3 is 2.52 bits per heavy atom. The third kappa shape index (κ3) is 3.42. The molecule has 0 fully saturated rings. The van der Waals surface area contributed by atoms with Crippen molar-refractivity contribution >= 4 is 11.8 Å². The van der Waals surface area contributed by atoms with E-state index in [-0.39, 0.29) is 0 Å². The Kier molecular flexibility index (Phi) is 4.51. The summed E-state index contributed by atoms with van der Waals surface area (Å²) in [5.74, 6) is 1.98. The van der Waals surface area contributed by atoms with Crippen LogP contribution in [0.1, 0.15) is 23.7 Å². The summed E-state index contributed by atoms with van der Waals surface area (Å²) >= 11 is 1.93. The van der Waals surface area contributed by atoms with Gasteiger partial charge in [-0.1, -0.05) is 30.3 Å². The van der Waals surface area contributed by atoms with Crippen LogP contribution in [0.25, 0.3) is 0 Å². The van der Waals surface area contributed by atoms with Crippen LogP contribution in [0.2, 0.25) is 0 Å². The smallest absolute Gasteiger partial charge is 0.141 e. The molecule has 1 atom stereocenters. The van der Waals surface area contributed by atoms with E-state index < -0.39 is 0 Å². The maximum atomic E-state index is 6.13. The topological polar surface area (TPSA) is 12.5 Å². The van der Waals surface area contributed by atoms with Crippen LogP contribution in [0.15, 0.2) is 53.4 Å². The second kappa shape index (κ2) is 6.54. The predicted octanol–water partition coefficient (Wildman–Crippen LogP) is 4.97. The SMILES string of the molecule is CN(C)CCC[C@H]1Sc2ccccc2Oc2ccccc21. The van der Waals surface area contributed by atoms with Gasteiger partial charge in [0.2, 0.25) is 0 Å². The van der Waals surface area contributed by atoms with E-state index in [0.717, 1.165) is 24.5 Å². The molecule has 0 aromatic heterocycles. The summed E-state index contributed by atoms with van der Waals surface area (Å²) in [4.78, 5) is 3.49. The number of hydrogen-bond donors (Lipinski definition) is 0. The first kappa shape index (κ1) is 14.5. The third-order valence-corrected chi connectivity index (χ3v) is 5.04. The molecule has 0 amide bonds. The third-order valence-electron chi connectivity index (χ3n) is 3.68. The molecule has 1 aliphatic rings. The van der Waals surface area contributed by atoms with E-state index in [1.54, 1.807) is 0 Å². The van der Waals surface area contributed by atoms with Crippen LogP contribution in [0.5, 0.6) is 11.5 Å². The lowest BCUT2D eigenvalue weighted by Gasteiger charge is -2.17. The van der Waals surface area contributed by atoms with Crippen molar-refractivity contribution in [3.63, 3.8) is 0 Å². The molecule has 2 aromatic rings. The highest BCUT2D eigenvalue weighted by molar-refractivity contribution is 7.99. The number of rotatable bonds is 4. The van der Waals surface area contributed by atoms with Gasteiger partial charge in [0.1, 0.15) is 11.5 Å². The van der Waals surface area contributed by atoms with E-state index in [9.17, 15) is 0 Å². The second-order valence-corrected chi connectivity index (χ2v) is 6.88. The Morgan fingerprint density at radius 1 is 1.00 bits per heavy atom. The van der Waals surface area contributed by atoms with Gasteiger partial charge < -0.3 is 9.64 Å². The lowest BCUT2D eigenvalue weighted by Crippen LogP contribution is -2.13. The maximum absolute atomic E-state index is 6.13. The highest BCUT2D eigenvalue weighted by atomic mass is 32.2. The van der Waals surface area contributed by atoms with Crippen molar-refractivity contribution in [3.8, 4) is 11.5 Å². The molecule has 0 radical (unpaired) electrons. The van der Waals surface area contributed by atoms with E-state index >= 15 is 0 Å². The molecule has 1 aliphatic heterocycles. The Hall–Kier alpha value is -1.45. The minimum Gasteiger partial charge on any atom is -0.456 e. The summed E-state index contributed by atoms with van der Waals surface area (Å²) in [5.41, 5.74) is 1.32. The quantitative estimate of drug-likeness (QED) is 0.791. The molecule has 21 heavy (non-hydrogen) atoms. The standard InChI is InChI=1S/C18H21NOS/c1-19(2)13-7-12-17-14-8-3-4-9-15(14)20-16-10-5-6-11-18(16)21-17/h3-6,8-11,17H,7,12-13H2,1-2H3/t17-/m1/s1. The van der Waals surface area contributed by atoms with Crippen molar-refractivity contribution in [1.29, 1.82) is 0 Å². The number of para-hydroxylation sites is 2. The van der Waals surface area contributed by atoms with Gasteiger partial charge in [0.15, 0.2) is 0 Å². The fraction of sp³-hybridized carbons (Fsp3) is 0.333. The number of thioether (sulfide) groups is 1. The van der Waals surface area contributed by atoms with Crippen LogP contribution < -0.4 is 4.74 Å². The monoisotopic (exact) mass is 299 g/mol. The highest BCUT2D eigenvalue weighted by Crippen LogP contribution is 2.49. The van der Waals surface area contributed by atoms with Gasteiger partial charge in [-0.25, -0.2) is 0 Å². The van der Waals surface area contributed by atoms with E-state index in [1.165, 1.54) is 16.9 Å². The summed E-state index contributed by atoms with van der Waals surface area (Å²) in [6, 6.07) is 16.8. The van der Waals surface area contributed by atoms with Crippen molar-refractivity contribution in [2.75, 3.05) is 20.6 Å². The molecule has 0 aliphatic carbocycles. The zero-order valence-corrected chi connectivity index (χ0v) is 13.4. The van der Waals surface area contributed by atoms with Gasteiger partial charge in [-0.2, -0.15) is 0 Å². The number of ether oxygens (including phenoxy) is 1. The maximum Gasteiger partial charge on any atom is 0.141 e. The average molecular weight is 299 g/mol. The Bertz CT molecular complexity index is 612. The predicted molar refractivity (Wildman–Crippen MR) is 89.3 cm³/mol. The Labute approximate surface area is 131 Å². The van der Waals surface area contributed by atoms with Crippen molar-refractivity contribution in [1.82, 2.24) is 4.90 Å². The summed E-state index contributed by atoms with van der Waals surface area (Å²) in [6.07, 6.45) is 2.36. The van der Waals surface area contributed by atoms with Gasteiger partial charge in [0.25, 0.3) is 0 Å². The van der Waals surface area contributed by atoms with Gasteiger partial charge >= 0.3 is 0 Å². The zero-order chi connectivity index (χ0) is 14.7. The van der Waals surface area contributed by atoms with E-state index in [4.69, 9.17) is 4.74 Å². The Balaban J connectivity index is 1.88. The van der Waals surface area contributed by atoms with Crippen molar-refractivity contribution < 1.29 is 4.74 Å². The normalized spacial score (nSPS) is 16.8. The second-order valence-electron chi connectivity index (χ2n) is 5.64. The van der Waals surface area contributed by atoms with Gasteiger partial charge in [0.05, 0.1) is 4.90 Å². The summed E-state index contributed by atoms with van der Waals surface area (Å²) < 4.78 is 6.13. The molecule has 0 spiro atoms. The molecular weight excluding hydrogens is 278 g/mol. The van der Waals surface area contributed by atoms with Crippen molar-refractivity contribution in [2.24, 2.45) is 0 Å². The zero-order valence-electron chi connectivity index (χ0n) is 12.6. The first-order valence-electron chi connectivity index (χ1n) is 7.41. The van der Waals surface area contributed by atoms with Gasteiger partial charge in [-0.15, -0.1) is 11.8 Å². The summed E-state index contributed by atoms with van der Waals surface area (Å²) in [5, 5.41) is 0.463. The molecule has 3 rings (SSSR count). The molecule has 0 bridgehead atoms. The van der Waals surface area contributed by atoms with Crippen LogP contribution in [0.4, 0.5) is 0 Å². The number of hydrogen-bond acceptors (Lipinski definition) is 3. The lowest BCUT2D eigenvalue weighted by atomic mass is 10.1. The van der Waals surface area contributed by atoms with Gasteiger partial charge in [0, 0.05) is 10.8 Å². The summed E-state index contributed by atoms with van der Waals surface area (Å²) in [7, 11) is 4.26. The number of benzene rings is 2. The molecule has 0 unspecified atom stereocenters. The van der Waals surface area contributed by atoms with E-state index in [1.807, 2.05) is 23.9 Å². The molecule has 1 heterocycles. The largest absolute Gasteiger partial charge is 0.456 e. The fourth-order valence-electron chi connectivity index (χ4n) is 2.61. The first-order valence-corrected chi connectivity index (χ1v) is 8.29. The number of nitrogens with zero attached hydrogens (tertiary/aromatic N) is 1. The van der Waals surface area contributed by atoms with Crippen LogP contribution in [-0.4, -0.2) is 25.5 Å². The first-order chi connectivity index (χ1) is 10.2. The van der Waals surface area contributed by atoms with E-state index in [2.05, 4.69) is 55.4 Å². The Morgan fingerprint density at radius 2 is 1.71 bits per heavy atom. The minimum atomic E-state index is 0.463. The highest BCUT2D eigenvalue weighted by Gasteiger charge is 2.23. The van der Waals surface area contributed by atoms with Crippen molar-refractivity contribution in [3.05, 3.63) is 54.1 Å². The molecule has 0 saturated heterocycles. The molecule has 2 aromatic carbocycles. The number of fused-ring (bicyclic) bond motifs is 2. The minimum absolute atomic E-state index is 0.463. The van der Waals surface area contributed by atoms with Crippen LogP contribution in [-0.2, 0) is 0 Å². The molecule has 110 valence electrons. The van der Waals surface area contributed by atoms with Crippen LogP contribution in [0, 0.1) is 0 Å². The van der Waals surface area contributed by atoms with Gasteiger partial charge in [-0.05, 0) is 51.7 Å². The molecular formula is C18H21NOS. The molecule has 2 nitrogen and oxygen atoms in total. The molecule has 3 heteroatoms. The molecule has 0 N–H and O–H groups in total. The summed E-state index contributed by atoms with van der Waals surface area (Å²) in [6.45, 7) is 1.13. The lowest BCUT2D eigenvalue weighted by molar-refractivity contribution is 0.393. The van der Waals surface area contributed by atoms with Gasteiger partial charge in [-0.3, -0.25) is 0 Å². The molecule has 0 saturated carbocycles. The van der Waals surface area contributed by atoms with Crippen LogP contribution in [0.3, 0.4) is 0 Å². The van der Waals surface area contributed by atoms with E-state index in [0.29, 0.717) is 5.25 Å².